The summed E-state index contributed by atoms with van der Waals surface area (Å²) in [5, 5.41) is 2.54. The number of nitrogens with zero attached hydrogens (tertiary/aromatic N) is 1. The van der Waals surface area contributed by atoms with Crippen LogP contribution in [-0.4, -0.2) is 50.1 Å². The normalized spacial score (nSPS) is 14.9. The smallest absolute Gasteiger partial charge is 0.338 e. The maximum atomic E-state index is 13.0. The molecule has 0 atom stereocenters. The van der Waals surface area contributed by atoms with Crippen molar-refractivity contribution in [2.75, 3.05) is 25.0 Å². The van der Waals surface area contributed by atoms with Gasteiger partial charge in [-0.15, -0.1) is 0 Å². The van der Waals surface area contributed by atoms with Crippen molar-refractivity contribution in [2.45, 2.75) is 37.5 Å². The third-order valence-corrected chi connectivity index (χ3v) is 7.08. The van der Waals surface area contributed by atoms with Crippen molar-refractivity contribution in [3.63, 3.8) is 0 Å². The van der Waals surface area contributed by atoms with Gasteiger partial charge in [-0.3, -0.25) is 9.59 Å². The first-order valence-electron chi connectivity index (χ1n) is 10.5. The summed E-state index contributed by atoms with van der Waals surface area (Å²) in [5.41, 5.74) is 0.711. The second-order valence-electron chi connectivity index (χ2n) is 7.57. The molecule has 1 fully saturated rings. The summed E-state index contributed by atoms with van der Waals surface area (Å²) in [7, 11) is -3.71. The lowest BCUT2D eigenvalue weighted by Crippen LogP contribution is -2.32. The highest BCUT2D eigenvalue weighted by Crippen LogP contribution is 2.21. The Morgan fingerprint density at radius 3 is 2.34 bits per heavy atom. The summed E-state index contributed by atoms with van der Waals surface area (Å²) in [6.07, 6.45) is 3.61. The van der Waals surface area contributed by atoms with Gasteiger partial charge in [0.2, 0.25) is 10.0 Å². The Hall–Kier alpha value is -3.04. The van der Waals surface area contributed by atoms with Gasteiger partial charge in [0.15, 0.2) is 12.4 Å². The molecule has 2 aromatic carbocycles. The van der Waals surface area contributed by atoms with E-state index in [1.807, 2.05) is 0 Å². The maximum Gasteiger partial charge on any atom is 0.338 e. The largest absolute Gasteiger partial charge is 0.452 e. The van der Waals surface area contributed by atoms with Crippen LogP contribution < -0.4 is 5.32 Å². The van der Waals surface area contributed by atoms with E-state index in [2.05, 4.69) is 5.32 Å². The zero-order chi connectivity index (χ0) is 23.1. The fourth-order valence-corrected chi connectivity index (χ4v) is 5.08. The first-order valence-corrected chi connectivity index (χ1v) is 11.9. The maximum absolute atomic E-state index is 13.0. The number of anilines is 1. The average Bonchev–Trinajstić information content (AvgIpc) is 3.08. The number of esters is 1. The molecule has 0 radical (unpaired) electrons. The molecule has 32 heavy (non-hydrogen) atoms. The van der Waals surface area contributed by atoms with Crippen molar-refractivity contribution in [2.24, 2.45) is 0 Å². The molecule has 1 aliphatic heterocycles. The summed E-state index contributed by atoms with van der Waals surface area (Å²) in [6.45, 7) is 1.73. The molecule has 3 rings (SSSR count). The van der Waals surface area contributed by atoms with Crippen LogP contribution in [0.25, 0.3) is 0 Å². The highest BCUT2D eigenvalue weighted by Gasteiger charge is 2.26. The Morgan fingerprint density at radius 2 is 1.66 bits per heavy atom. The third-order valence-electron chi connectivity index (χ3n) is 5.19. The number of carbonyl (C=O) groups is 3. The SMILES string of the molecule is CC(=O)c1ccccc1NC(=O)COC(=O)c1cccc(S(=O)(=O)N2CCCCCC2)c1. The fraction of sp³-hybridized carbons (Fsp3) is 0.348. The van der Waals surface area contributed by atoms with Gasteiger partial charge in [0.1, 0.15) is 0 Å². The lowest BCUT2D eigenvalue weighted by atomic mass is 10.1. The summed E-state index contributed by atoms with van der Waals surface area (Å²) in [5.74, 6) is -1.63. The molecule has 1 heterocycles. The highest BCUT2D eigenvalue weighted by atomic mass is 32.2. The van der Waals surface area contributed by atoms with Gasteiger partial charge in [0.25, 0.3) is 5.91 Å². The number of para-hydroxylation sites is 1. The van der Waals surface area contributed by atoms with E-state index in [1.54, 1.807) is 24.3 Å². The van der Waals surface area contributed by atoms with Crippen LogP contribution in [0.2, 0.25) is 0 Å². The van der Waals surface area contributed by atoms with E-state index in [0.29, 0.717) is 24.3 Å². The van der Waals surface area contributed by atoms with Crippen molar-refractivity contribution in [1.82, 2.24) is 4.31 Å². The topological polar surface area (TPSA) is 110 Å². The van der Waals surface area contributed by atoms with Crippen LogP contribution in [0.1, 0.15) is 53.3 Å². The fourth-order valence-electron chi connectivity index (χ4n) is 3.51. The lowest BCUT2D eigenvalue weighted by Gasteiger charge is -2.20. The summed E-state index contributed by atoms with van der Waals surface area (Å²) < 4.78 is 32.4. The first-order chi connectivity index (χ1) is 15.3. The zero-order valence-corrected chi connectivity index (χ0v) is 18.7. The number of Topliss-reactive ketones (excluding diaryl/α,β-unsaturated/α-hetero) is 1. The Bertz CT molecular complexity index is 1100. The van der Waals surface area contributed by atoms with E-state index >= 15 is 0 Å². The Kier molecular flexibility index (Phi) is 7.76. The van der Waals surface area contributed by atoms with Gasteiger partial charge < -0.3 is 10.1 Å². The molecule has 8 nitrogen and oxygen atoms in total. The number of benzene rings is 2. The van der Waals surface area contributed by atoms with E-state index in [4.69, 9.17) is 4.74 Å². The van der Waals surface area contributed by atoms with Crippen LogP contribution in [0, 0.1) is 0 Å². The van der Waals surface area contributed by atoms with Crippen LogP contribution in [0.5, 0.6) is 0 Å². The quantitative estimate of drug-likeness (QED) is 0.504. The molecule has 9 heteroatoms. The van der Waals surface area contributed by atoms with Crippen molar-refractivity contribution < 1.29 is 27.5 Å². The van der Waals surface area contributed by atoms with Crippen molar-refractivity contribution in [3.05, 3.63) is 59.7 Å². The van der Waals surface area contributed by atoms with E-state index in [-0.39, 0.29) is 16.2 Å². The number of rotatable bonds is 7. The second kappa shape index (κ2) is 10.5. The molecule has 0 unspecified atom stereocenters. The van der Waals surface area contributed by atoms with E-state index < -0.39 is 28.5 Å². The predicted octanol–water partition coefficient (Wildman–Crippen LogP) is 3.25. The summed E-state index contributed by atoms with van der Waals surface area (Å²) in [4.78, 5) is 36.3. The molecule has 0 aliphatic carbocycles. The molecule has 170 valence electrons. The Morgan fingerprint density at radius 1 is 0.969 bits per heavy atom. The molecular weight excluding hydrogens is 432 g/mol. The molecule has 1 aliphatic rings. The number of ketones is 1. The number of ether oxygens (including phenoxy) is 1. The standard InChI is InChI=1S/C23H26N2O6S/c1-17(26)20-11-4-5-12-21(20)24-22(27)16-31-23(28)18-9-8-10-19(15-18)32(29,30)25-13-6-2-3-7-14-25/h4-5,8-12,15H,2-3,6-7,13-14,16H2,1H3,(H,24,27). The van der Waals surface area contributed by atoms with Gasteiger partial charge in [-0.2, -0.15) is 4.31 Å². The molecule has 1 saturated heterocycles. The minimum atomic E-state index is -3.71. The molecule has 0 aromatic heterocycles. The first kappa shape index (κ1) is 23.6. The van der Waals surface area contributed by atoms with Crippen molar-refractivity contribution in [3.8, 4) is 0 Å². The van der Waals surface area contributed by atoms with E-state index in [9.17, 15) is 22.8 Å². The molecule has 1 amide bonds. The minimum absolute atomic E-state index is 0.0219. The molecule has 2 aromatic rings. The van der Waals surface area contributed by atoms with Crippen LogP contribution in [0.15, 0.2) is 53.4 Å². The predicted molar refractivity (Wildman–Crippen MR) is 119 cm³/mol. The monoisotopic (exact) mass is 458 g/mol. The van der Waals surface area contributed by atoms with E-state index in [1.165, 1.54) is 35.5 Å². The highest BCUT2D eigenvalue weighted by molar-refractivity contribution is 7.89. The number of nitrogens with one attached hydrogen (secondary N) is 1. The molecule has 1 N–H and O–H groups in total. The molecule has 0 bridgehead atoms. The summed E-state index contributed by atoms with van der Waals surface area (Å²) >= 11 is 0. The number of carbonyl (C=O) groups excluding carboxylic acids is 3. The number of hydrogen-bond donors (Lipinski definition) is 1. The minimum Gasteiger partial charge on any atom is -0.452 e. The second-order valence-corrected chi connectivity index (χ2v) is 9.51. The van der Waals surface area contributed by atoms with Crippen LogP contribution in [-0.2, 0) is 19.6 Å². The van der Waals surface area contributed by atoms with Crippen molar-refractivity contribution in [1.29, 1.82) is 0 Å². The third kappa shape index (κ3) is 5.80. The Balaban J connectivity index is 1.65. The van der Waals surface area contributed by atoms with Gasteiger partial charge in [0, 0.05) is 18.7 Å². The molecule has 0 spiro atoms. The Labute approximate surface area is 187 Å². The van der Waals surface area contributed by atoms with Gasteiger partial charge in [-0.1, -0.05) is 31.0 Å². The zero-order valence-electron chi connectivity index (χ0n) is 17.9. The van der Waals surface area contributed by atoms with Crippen LogP contribution >= 0.6 is 0 Å². The summed E-state index contributed by atoms with van der Waals surface area (Å²) in [6, 6.07) is 12.1. The molecular formula is C23H26N2O6S. The number of sulfonamides is 1. The van der Waals surface area contributed by atoms with Crippen LogP contribution in [0.3, 0.4) is 0 Å². The van der Waals surface area contributed by atoms with Gasteiger partial charge in [-0.25, -0.2) is 13.2 Å². The van der Waals surface area contributed by atoms with Crippen LogP contribution in [0.4, 0.5) is 5.69 Å². The van der Waals surface area contributed by atoms with E-state index in [0.717, 1.165) is 25.7 Å². The number of amides is 1. The molecule has 0 saturated carbocycles. The lowest BCUT2D eigenvalue weighted by molar-refractivity contribution is -0.119. The van der Waals surface area contributed by atoms with Gasteiger partial charge in [0.05, 0.1) is 16.1 Å². The van der Waals surface area contributed by atoms with Crippen molar-refractivity contribution >= 4 is 33.4 Å². The van der Waals surface area contributed by atoms with Gasteiger partial charge >= 0.3 is 5.97 Å². The van der Waals surface area contributed by atoms with Gasteiger partial charge in [-0.05, 0) is 50.1 Å². The number of hydrogen-bond acceptors (Lipinski definition) is 6. The average molecular weight is 459 g/mol.